The Morgan fingerprint density at radius 2 is 1.65 bits per heavy atom. The highest BCUT2D eigenvalue weighted by Gasteiger charge is 2.24. The number of carbonyl (C=O) groups excluding carboxylic acids is 2. The first-order valence-corrected chi connectivity index (χ1v) is 13.0. The monoisotopic (exact) mass is 544 g/mol. The number of anilines is 3. The molecule has 0 spiro atoms. The molecule has 12 heteroatoms. The summed E-state index contributed by atoms with van der Waals surface area (Å²) in [4.78, 5) is 41.8. The quantitative estimate of drug-likeness (QED) is 0.318. The summed E-state index contributed by atoms with van der Waals surface area (Å²) in [7, 11) is 0. The average molecular weight is 545 g/mol. The maximum Gasteiger partial charge on any atom is 0.293 e. The molecule has 2 saturated heterocycles. The first-order valence-electron chi connectivity index (χ1n) is 12.2. The van der Waals surface area contributed by atoms with Crippen LogP contribution in [-0.4, -0.2) is 66.0 Å². The van der Waals surface area contributed by atoms with Crippen LogP contribution >= 0.6 is 23.8 Å². The highest BCUT2D eigenvalue weighted by Crippen LogP contribution is 2.32. The standard InChI is InChI=1S/C25H29ClN6O4S/c1-2-23(33)31-13-11-30(12-14-31)20-8-6-18(16-19(20)26)27-25(37)28-24(34)17-5-7-21(22(15-17)32(35)36)29-9-3-4-10-29/h5-8,15-16H,2-4,9-14H2,1H3,(H2,27,28,34,37). The second-order valence-corrected chi connectivity index (χ2v) is 9.77. The lowest BCUT2D eigenvalue weighted by Crippen LogP contribution is -2.48. The number of nitrogens with zero attached hydrogens (tertiary/aromatic N) is 4. The van der Waals surface area contributed by atoms with Crippen LogP contribution in [0.1, 0.15) is 36.5 Å². The topological polar surface area (TPSA) is 111 Å². The Morgan fingerprint density at radius 3 is 2.27 bits per heavy atom. The van der Waals surface area contributed by atoms with Crippen LogP contribution < -0.4 is 20.4 Å². The van der Waals surface area contributed by atoms with Crippen molar-refractivity contribution in [3.63, 3.8) is 0 Å². The SMILES string of the molecule is CCC(=O)N1CCN(c2ccc(NC(=S)NC(=O)c3ccc(N4CCCC4)c([N+](=O)[O-])c3)cc2Cl)CC1. The fraction of sp³-hybridized carbons (Fsp3) is 0.400. The van der Waals surface area contributed by atoms with E-state index in [-0.39, 0.29) is 22.3 Å². The molecule has 2 heterocycles. The van der Waals surface area contributed by atoms with Gasteiger partial charge in [-0.3, -0.25) is 25.0 Å². The minimum Gasteiger partial charge on any atom is -0.367 e. The van der Waals surface area contributed by atoms with Gasteiger partial charge in [0.2, 0.25) is 5.91 Å². The molecule has 2 amide bonds. The van der Waals surface area contributed by atoms with Gasteiger partial charge in [-0.05, 0) is 55.4 Å². The zero-order valence-corrected chi connectivity index (χ0v) is 22.1. The lowest BCUT2D eigenvalue weighted by Gasteiger charge is -2.36. The molecule has 0 radical (unpaired) electrons. The van der Waals surface area contributed by atoms with Crippen LogP contribution in [0.5, 0.6) is 0 Å². The minimum absolute atomic E-state index is 0.0479. The van der Waals surface area contributed by atoms with Gasteiger partial charge >= 0.3 is 0 Å². The average Bonchev–Trinajstić information content (AvgIpc) is 3.43. The normalized spacial score (nSPS) is 15.5. The zero-order valence-electron chi connectivity index (χ0n) is 20.5. The molecule has 2 aliphatic rings. The smallest absolute Gasteiger partial charge is 0.293 e. The maximum absolute atomic E-state index is 12.7. The molecule has 4 rings (SSSR count). The van der Waals surface area contributed by atoms with Gasteiger partial charge in [-0.2, -0.15) is 0 Å². The van der Waals surface area contributed by atoms with E-state index in [9.17, 15) is 19.7 Å². The van der Waals surface area contributed by atoms with Crippen LogP contribution in [0, 0.1) is 10.1 Å². The third kappa shape index (κ3) is 6.28. The van der Waals surface area contributed by atoms with Gasteiger partial charge in [-0.15, -0.1) is 0 Å². The largest absolute Gasteiger partial charge is 0.367 e. The van der Waals surface area contributed by atoms with Gasteiger partial charge in [0.05, 0.1) is 15.6 Å². The molecule has 0 unspecified atom stereocenters. The van der Waals surface area contributed by atoms with E-state index in [0.717, 1.165) is 31.6 Å². The van der Waals surface area contributed by atoms with Crippen LogP contribution in [0.15, 0.2) is 36.4 Å². The Kier molecular flexibility index (Phi) is 8.45. The summed E-state index contributed by atoms with van der Waals surface area (Å²) in [5.74, 6) is -0.395. The zero-order chi connectivity index (χ0) is 26.5. The van der Waals surface area contributed by atoms with Crippen LogP contribution in [-0.2, 0) is 4.79 Å². The molecular formula is C25H29ClN6O4S. The molecule has 37 heavy (non-hydrogen) atoms. The maximum atomic E-state index is 12.7. The summed E-state index contributed by atoms with van der Waals surface area (Å²) in [5.41, 5.74) is 2.02. The number of hydrogen-bond donors (Lipinski definition) is 2. The number of carbonyl (C=O) groups is 2. The summed E-state index contributed by atoms with van der Waals surface area (Å²) < 4.78 is 0. The van der Waals surface area contributed by atoms with Gasteiger partial charge in [0.25, 0.3) is 11.6 Å². The molecule has 2 aromatic carbocycles. The lowest BCUT2D eigenvalue weighted by molar-refractivity contribution is -0.384. The number of halogens is 1. The predicted octanol–water partition coefficient (Wildman–Crippen LogP) is 4.03. The minimum atomic E-state index is -0.546. The number of nitro groups is 1. The second kappa shape index (κ2) is 11.7. The van der Waals surface area contributed by atoms with Crippen LogP contribution in [0.4, 0.5) is 22.7 Å². The Hall–Kier alpha value is -3.44. The number of amides is 2. The number of piperazine rings is 1. The predicted molar refractivity (Wildman–Crippen MR) is 149 cm³/mol. The Balaban J connectivity index is 1.37. The van der Waals surface area contributed by atoms with Gasteiger partial charge in [0.15, 0.2) is 5.11 Å². The lowest BCUT2D eigenvalue weighted by atomic mass is 10.1. The Morgan fingerprint density at radius 1 is 1.00 bits per heavy atom. The summed E-state index contributed by atoms with van der Waals surface area (Å²) in [6, 6.07) is 9.86. The van der Waals surface area contributed by atoms with Crippen LogP contribution in [0.3, 0.4) is 0 Å². The summed E-state index contributed by atoms with van der Waals surface area (Å²) >= 11 is 11.8. The first-order chi connectivity index (χ1) is 17.8. The van der Waals surface area contributed by atoms with Crippen molar-refractivity contribution in [3.05, 3.63) is 57.1 Å². The number of hydrogen-bond acceptors (Lipinski definition) is 7. The first kappa shape index (κ1) is 26.6. The Labute approximate surface area is 225 Å². The van der Waals surface area contributed by atoms with Gasteiger partial charge in [-0.25, -0.2) is 0 Å². The van der Waals surface area contributed by atoms with E-state index < -0.39 is 10.8 Å². The number of thiocarbonyl (C=S) groups is 1. The molecule has 10 nitrogen and oxygen atoms in total. The van der Waals surface area contributed by atoms with E-state index >= 15 is 0 Å². The van der Waals surface area contributed by atoms with Crippen molar-refractivity contribution in [2.45, 2.75) is 26.2 Å². The third-order valence-corrected chi connectivity index (χ3v) is 7.10. The van der Waals surface area contributed by atoms with E-state index in [1.54, 1.807) is 24.3 Å². The van der Waals surface area contributed by atoms with Crippen molar-refractivity contribution < 1.29 is 14.5 Å². The van der Waals surface area contributed by atoms with Crippen LogP contribution in [0.2, 0.25) is 5.02 Å². The van der Waals surface area contributed by atoms with E-state index in [1.165, 1.54) is 6.07 Å². The van der Waals surface area contributed by atoms with E-state index in [2.05, 4.69) is 15.5 Å². The molecule has 196 valence electrons. The second-order valence-electron chi connectivity index (χ2n) is 8.95. The van der Waals surface area contributed by atoms with E-state index in [4.69, 9.17) is 23.8 Å². The number of nitrogens with one attached hydrogen (secondary N) is 2. The van der Waals surface area contributed by atoms with Crippen molar-refractivity contribution in [3.8, 4) is 0 Å². The molecule has 0 aliphatic carbocycles. The van der Waals surface area contributed by atoms with Gasteiger partial charge in [0, 0.05) is 63.0 Å². The number of rotatable bonds is 6. The molecule has 0 aromatic heterocycles. The van der Waals surface area contributed by atoms with E-state index in [1.807, 2.05) is 22.8 Å². The molecule has 0 saturated carbocycles. The number of nitro benzene ring substituents is 1. The molecular weight excluding hydrogens is 516 g/mol. The van der Waals surface area contributed by atoms with Gasteiger partial charge in [0.1, 0.15) is 5.69 Å². The third-order valence-electron chi connectivity index (χ3n) is 6.59. The molecule has 2 aromatic rings. The Bertz CT molecular complexity index is 1210. The van der Waals surface area contributed by atoms with Gasteiger partial charge in [-0.1, -0.05) is 18.5 Å². The molecule has 0 atom stereocenters. The van der Waals surface area contributed by atoms with Crippen molar-refractivity contribution in [2.24, 2.45) is 0 Å². The molecule has 0 bridgehead atoms. The highest BCUT2D eigenvalue weighted by atomic mass is 35.5. The summed E-state index contributed by atoms with van der Waals surface area (Å²) in [6.07, 6.45) is 2.47. The van der Waals surface area contributed by atoms with Crippen molar-refractivity contribution >= 4 is 63.5 Å². The molecule has 2 N–H and O–H groups in total. The van der Waals surface area contributed by atoms with Crippen molar-refractivity contribution in [2.75, 3.05) is 54.4 Å². The highest BCUT2D eigenvalue weighted by molar-refractivity contribution is 7.80. The fourth-order valence-electron chi connectivity index (χ4n) is 4.64. The fourth-order valence-corrected chi connectivity index (χ4v) is 5.15. The number of benzene rings is 2. The summed E-state index contributed by atoms with van der Waals surface area (Å²) in [6.45, 7) is 6.06. The van der Waals surface area contributed by atoms with Gasteiger partial charge < -0.3 is 20.0 Å². The van der Waals surface area contributed by atoms with Crippen LogP contribution in [0.25, 0.3) is 0 Å². The summed E-state index contributed by atoms with van der Waals surface area (Å²) in [5, 5.41) is 17.7. The van der Waals surface area contributed by atoms with Crippen molar-refractivity contribution in [1.29, 1.82) is 0 Å². The van der Waals surface area contributed by atoms with Crippen molar-refractivity contribution in [1.82, 2.24) is 10.2 Å². The van der Waals surface area contributed by atoms with E-state index in [0.29, 0.717) is 49.0 Å². The molecule has 2 aliphatic heterocycles. The molecule has 2 fully saturated rings.